The van der Waals surface area contributed by atoms with E-state index in [0.717, 1.165) is 5.56 Å². The number of benzene rings is 1. The lowest BCUT2D eigenvalue weighted by atomic mass is 10.2. The Kier molecular flexibility index (Phi) is 8.35. The van der Waals surface area contributed by atoms with Crippen molar-refractivity contribution in [2.45, 2.75) is 45.8 Å². The zero-order valence-corrected chi connectivity index (χ0v) is 14.4. The number of nitro benzene ring substituents is 1. The van der Waals surface area contributed by atoms with E-state index in [1.807, 2.05) is 20.8 Å². The van der Waals surface area contributed by atoms with Crippen molar-refractivity contribution in [2.24, 2.45) is 0 Å². The summed E-state index contributed by atoms with van der Waals surface area (Å²) in [4.78, 5) is 21.7. The van der Waals surface area contributed by atoms with Crippen LogP contribution in [0.1, 0.15) is 39.2 Å². The SMILES string of the molecule is CC(C)(C)OC(=O)CCCOCCOCc1cccc([N+](=O)[O-])c1. The monoisotopic (exact) mass is 339 g/mol. The summed E-state index contributed by atoms with van der Waals surface area (Å²) < 4.78 is 16.0. The molecule has 1 aromatic carbocycles. The quantitative estimate of drug-likeness (QED) is 0.281. The molecule has 24 heavy (non-hydrogen) atoms. The van der Waals surface area contributed by atoms with Crippen LogP contribution >= 0.6 is 0 Å². The average Bonchev–Trinajstić information content (AvgIpc) is 2.48. The number of non-ortho nitro benzene ring substituents is 1. The van der Waals surface area contributed by atoms with E-state index < -0.39 is 10.5 Å². The van der Waals surface area contributed by atoms with Crippen LogP contribution in [0, 0.1) is 10.1 Å². The molecule has 0 bridgehead atoms. The topological polar surface area (TPSA) is 87.9 Å². The summed E-state index contributed by atoms with van der Waals surface area (Å²) in [7, 11) is 0. The van der Waals surface area contributed by atoms with E-state index in [2.05, 4.69) is 0 Å². The van der Waals surface area contributed by atoms with Crippen molar-refractivity contribution in [3.63, 3.8) is 0 Å². The molecule has 0 radical (unpaired) electrons. The van der Waals surface area contributed by atoms with Crippen molar-refractivity contribution in [2.75, 3.05) is 19.8 Å². The molecule has 1 aromatic rings. The first-order chi connectivity index (χ1) is 11.3. The van der Waals surface area contributed by atoms with Gasteiger partial charge in [0.15, 0.2) is 0 Å². The van der Waals surface area contributed by atoms with Gasteiger partial charge in [0.05, 0.1) is 24.7 Å². The molecule has 0 fully saturated rings. The summed E-state index contributed by atoms with van der Waals surface area (Å²) in [5.74, 6) is -0.229. The third-order valence-corrected chi connectivity index (χ3v) is 2.85. The molecule has 0 atom stereocenters. The van der Waals surface area contributed by atoms with Crippen molar-refractivity contribution >= 4 is 11.7 Å². The number of esters is 1. The fourth-order valence-corrected chi connectivity index (χ4v) is 1.88. The molecule has 0 aliphatic carbocycles. The molecule has 0 saturated heterocycles. The molecule has 0 aliphatic rings. The Balaban J connectivity index is 2.06. The van der Waals surface area contributed by atoms with Gasteiger partial charge in [-0.05, 0) is 32.8 Å². The second kappa shape index (κ2) is 10.00. The highest BCUT2D eigenvalue weighted by molar-refractivity contribution is 5.69. The first-order valence-electron chi connectivity index (χ1n) is 7.88. The first-order valence-corrected chi connectivity index (χ1v) is 7.88. The predicted octanol–water partition coefficient (Wildman–Crippen LogP) is 3.25. The fraction of sp³-hybridized carbons (Fsp3) is 0.588. The minimum absolute atomic E-state index is 0.0505. The van der Waals surface area contributed by atoms with Gasteiger partial charge >= 0.3 is 5.97 Å². The van der Waals surface area contributed by atoms with Crippen molar-refractivity contribution in [1.29, 1.82) is 0 Å². The predicted molar refractivity (Wildman–Crippen MR) is 88.7 cm³/mol. The van der Waals surface area contributed by atoms with Crippen LogP contribution in [-0.4, -0.2) is 36.3 Å². The molecule has 0 heterocycles. The van der Waals surface area contributed by atoms with Crippen molar-refractivity contribution in [3.8, 4) is 0 Å². The Morgan fingerprint density at radius 3 is 2.54 bits per heavy atom. The molecule has 7 nitrogen and oxygen atoms in total. The highest BCUT2D eigenvalue weighted by atomic mass is 16.6. The minimum atomic E-state index is -0.460. The van der Waals surface area contributed by atoms with E-state index in [0.29, 0.717) is 39.3 Å². The normalized spacial score (nSPS) is 11.3. The summed E-state index contributed by atoms with van der Waals surface area (Å²) in [5.41, 5.74) is 0.335. The van der Waals surface area contributed by atoms with E-state index in [-0.39, 0.29) is 11.7 Å². The molecule has 0 N–H and O–H groups in total. The lowest BCUT2D eigenvalue weighted by Gasteiger charge is -2.19. The number of carbonyl (C=O) groups is 1. The first kappa shape index (κ1) is 20.1. The van der Waals surface area contributed by atoms with Gasteiger partial charge in [-0.25, -0.2) is 0 Å². The maximum atomic E-state index is 11.5. The average molecular weight is 339 g/mol. The van der Waals surface area contributed by atoms with E-state index in [9.17, 15) is 14.9 Å². The molecule has 0 aromatic heterocycles. The Bertz CT molecular complexity index is 538. The zero-order valence-electron chi connectivity index (χ0n) is 14.4. The number of carbonyl (C=O) groups excluding carboxylic acids is 1. The third-order valence-electron chi connectivity index (χ3n) is 2.85. The maximum Gasteiger partial charge on any atom is 0.306 e. The van der Waals surface area contributed by atoms with Crippen LogP contribution in [0.25, 0.3) is 0 Å². The molecular formula is C17H25NO6. The maximum absolute atomic E-state index is 11.5. The smallest absolute Gasteiger partial charge is 0.306 e. The van der Waals surface area contributed by atoms with Crippen molar-refractivity contribution in [1.82, 2.24) is 0 Å². The number of hydrogen-bond acceptors (Lipinski definition) is 6. The molecule has 1 rings (SSSR count). The Hall–Kier alpha value is -1.99. The minimum Gasteiger partial charge on any atom is -0.460 e. The second-order valence-corrected chi connectivity index (χ2v) is 6.28. The van der Waals surface area contributed by atoms with Gasteiger partial charge in [0.1, 0.15) is 5.60 Å². The van der Waals surface area contributed by atoms with Gasteiger partial charge < -0.3 is 14.2 Å². The molecule has 0 spiro atoms. The van der Waals surface area contributed by atoms with Gasteiger partial charge in [-0.1, -0.05) is 12.1 Å². The Morgan fingerprint density at radius 1 is 1.17 bits per heavy atom. The fourth-order valence-electron chi connectivity index (χ4n) is 1.88. The van der Waals surface area contributed by atoms with E-state index in [4.69, 9.17) is 14.2 Å². The Labute approximate surface area is 142 Å². The summed E-state index contributed by atoms with van der Waals surface area (Å²) in [6.07, 6.45) is 0.922. The van der Waals surface area contributed by atoms with Crippen LogP contribution in [0.3, 0.4) is 0 Å². The standard InChI is InChI=1S/C17H25NO6/c1-17(2,3)24-16(19)8-5-9-22-10-11-23-13-14-6-4-7-15(12-14)18(20)21/h4,6-7,12H,5,8-11,13H2,1-3H3. The number of nitro groups is 1. The van der Waals surface area contributed by atoms with E-state index >= 15 is 0 Å². The molecule has 7 heteroatoms. The lowest BCUT2D eigenvalue weighted by Crippen LogP contribution is -2.23. The number of ether oxygens (including phenoxy) is 3. The van der Waals surface area contributed by atoms with Crippen molar-refractivity contribution < 1.29 is 23.9 Å². The molecule has 0 unspecified atom stereocenters. The summed E-state index contributed by atoms with van der Waals surface area (Å²) in [6.45, 7) is 7.04. The number of rotatable bonds is 10. The third kappa shape index (κ3) is 9.22. The molecule has 0 aliphatic heterocycles. The van der Waals surface area contributed by atoms with E-state index in [1.165, 1.54) is 12.1 Å². The molecular weight excluding hydrogens is 314 g/mol. The van der Waals surface area contributed by atoms with E-state index in [1.54, 1.807) is 12.1 Å². The largest absolute Gasteiger partial charge is 0.460 e. The second-order valence-electron chi connectivity index (χ2n) is 6.28. The van der Waals surface area contributed by atoms with Gasteiger partial charge in [0, 0.05) is 25.2 Å². The molecule has 134 valence electrons. The number of nitrogens with zero attached hydrogens (tertiary/aromatic N) is 1. The zero-order chi connectivity index (χ0) is 18.0. The Morgan fingerprint density at radius 2 is 1.88 bits per heavy atom. The van der Waals surface area contributed by atoms with Crippen LogP contribution in [0.2, 0.25) is 0 Å². The van der Waals surface area contributed by atoms with Gasteiger partial charge in [0.25, 0.3) is 5.69 Å². The van der Waals surface area contributed by atoms with Gasteiger partial charge in [-0.15, -0.1) is 0 Å². The van der Waals surface area contributed by atoms with Crippen LogP contribution in [0.15, 0.2) is 24.3 Å². The summed E-state index contributed by atoms with van der Waals surface area (Å²) in [6, 6.07) is 6.33. The van der Waals surface area contributed by atoms with Gasteiger partial charge in [0.2, 0.25) is 0 Å². The highest BCUT2D eigenvalue weighted by Gasteiger charge is 2.15. The lowest BCUT2D eigenvalue weighted by molar-refractivity contribution is -0.384. The van der Waals surface area contributed by atoms with Gasteiger partial charge in [-0.3, -0.25) is 14.9 Å². The van der Waals surface area contributed by atoms with Crippen LogP contribution < -0.4 is 0 Å². The highest BCUT2D eigenvalue weighted by Crippen LogP contribution is 2.13. The van der Waals surface area contributed by atoms with Gasteiger partial charge in [-0.2, -0.15) is 0 Å². The number of hydrogen-bond donors (Lipinski definition) is 0. The van der Waals surface area contributed by atoms with Crippen LogP contribution in [-0.2, 0) is 25.6 Å². The summed E-state index contributed by atoms with van der Waals surface area (Å²) in [5, 5.41) is 10.7. The molecule has 0 amide bonds. The van der Waals surface area contributed by atoms with Crippen LogP contribution in [0.4, 0.5) is 5.69 Å². The van der Waals surface area contributed by atoms with Crippen molar-refractivity contribution in [3.05, 3.63) is 39.9 Å². The summed E-state index contributed by atoms with van der Waals surface area (Å²) >= 11 is 0. The van der Waals surface area contributed by atoms with Crippen LogP contribution in [0.5, 0.6) is 0 Å². The molecule has 0 saturated carbocycles.